The minimum Gasteiger partial charge on any atom is -0.455 e. The van der Waals surface area contributed by atoms with Gasteiger partial charge in [-0.1, -0.05) is 69.0 Å². The summed E-state index contributed by atoms with van der Waals surface area (Å²) in [5.74, 6) is -0.992. The van der Waals surface area contributed by atoms with E-state index in [1.54, 1.807) is 29.9 Å². The van der Waals surface area contributed by atoms with Gasteiger partial charge in [-0.05, 0) is 89.9 Å². The molecule has 2 amide bonds. The van der Waals surface area contributed by atoms with Crippen LogP contribution >= 0.6 is 11.6 Å². The number of piperazine rings is 1. The zero-order valence-electron chi connectivity index (χ0n) is 36.3. The quantitative estimate of drug-likeness (QED) is 0.0228. The maximum Gasteiger partial charge on any atom is 0.293 e. The Bertz CT molecular complexity index is 2710. The molecule has 0 saturated carbocycles. The zero-order valence-corrected chi connectivity index (χ0v) is 37.9. The normalized spacial score (nSPS) is 15.2. The number of sulfonamides is 1. The first kappa shape index (κ1) is 46.7. The Morgan fingerprint density at radius 1 is 0.969 bits per heavy atom. The minimum absolute atomic E-state index is 0.0335. The summed E-state index contributed by atoms with van der Waals surface area (Å²) in [5.41, 5.74) is 6.43. The Kier molecular flexibility index (Phi) is 14.9. The molecule has 0 spiro atoms. The number of aromatic amines is 1. The van der Waals surface area contributed by atoms with Crippen molar-refractivity contribution in [2.24, 2.45) is 5.41 Å². The highest BCUT2D eigenvalue weighted by molar-refractivity contribution is 7.90. The molecule has 0 radical (unpaired) electrons. The van der Waals surface area contributed by atoms with E-state index in [9.17, 15) is 28.1 Å². The van der Waals surface area contributed by atoms with Gasteiger partial charge in [-0.2, -0.15) is 0 Å². The smallest absolute Gasteiger partial charge is 0.293 e. The first-order valence-corrected chi connectivity index (χ1v) is 23.5. The number of anilines is 2. The van der Waals surface area contributed by atoms with E-state index in [0.717, 1.165) is 62.5 Å². The number of nitro groups is 1. The first-order chi connectivity index (χ1) is 31.2. The summed E-state index contributed by atoms with van der Waals surface area (Å²) in [7, 11) is -4.60. The molecule has 3 heterocycles. The molecule has 0 unspecified atom stereocenters. The van der Waals surface area contributed by atoms with Gasteiger partial charge in [0.15, 0.2) is 0 Å². The van der Waals surface area contributed by atoms with E-state index >= 15 is 0 Å². The van der Waals surface area contributed by atoms with Crippen LogP contribution in [0.5, 0.6) is 11.5 Å². The molecule has 5 aromatic rings. The highest BCUT2D eigenvalue weighted by Gasteiger charge is 2.28. The highest BCUT2D eigenvalue weighted by atomic mass is 35.5. The van der Waals surface area contributed by atoms with E-state index in [1.807, 2.05) is 18.2 Å². The van der Waals surface area contributed by atoms with Crippen LogP contribution in [-0.4, -0.2) is 84.5 Å². The molecule has 1 aliphatic heterocycles. The van der Waals surface area contributed by atoms with Crippen molar-refractivity contribution in [2.75, 3.05) is 49.5 Å². The van der Waals surface area contributed by atoms with Crippen molar-refractivity contribution in [3.63, 3.8) is 0 Å². The van der Waals surface area contributed by atoms with Crippen LogP contribution in [0.3, 0.4) is 0 Å². The fourth-order valence-corrected chi connectivity index (χ4v) is 9.18. The van der Waals surface area contributed by atoms with Crippen molar-refractivity contribution in [1.29, 1.82) is 0 Å². The predicted molar refractivity (Wildman–Crippen MR) is 251 cm³/mol. The van der Waals surface area contributed by atoms with Gasteiger partial charge in [-0.3, -0.25) is 29.8 Å². The molecule has 1 saturated heterocycles. The first-order valence-electron chi connectivity index (χ1n) is 21.6. The van der Waals surface area contributed by atoms with Gasteiger partial charge >= 0.3 is 0 Å². The van der Waals surface area contributed by atoms with Crippen LogP contribution in [-0.2, 0) is 14.8 Å². The van der Waals surface area contributed by atoms with Gasteiger partial charge in [0.25, 0.3) is 21.6 Å². The van der Waals surface area contributed by atoms with E-state index < -0.39 is 37.3 Å². The number of ether oxygens (including phenoxy) is 1. The summed E-state index contributed by atoms with van der Waals surface area (Å²) in [5, 5.41) is 25.2. The Balaban J connectivity index is 1.04. The fourth-order valence-electron chi connectivity index (χ4n) is 8.06. The lowest BCUT2D eigenvalue weighted by Crippen LogP contribution is -2.47. The largest absolute Gasteiger partial charge is 0.455 e. The number of hydrogen-bond acceptors (Lipinski definition) is 12. The lowest BCUT2D eigenvalue weighted by Gasteiger charge is -2.38. The van der Waals surface area contributed by atoms with Crippen molar-refractivity contribution >= 4 is 67.1 Å². The van der Waals surface area contributed by atoms with Crippen molar-refractivity contribution in [2.45, 2.75) is 63.7 Å². The van der Waals surface area contributed by atoms with Crippen molar-refractivity contribution < 1.29 is 32.9 Å². The van der Waals surface area contributed by atoms with Crippen LogP contribution in [0.2, 0.25) is 5.02 Å². The van der Waals surface area contributed by atoms with E-state index in [-0.39, 0.29) is 28.8 Å². The molecular weight excluding hydrogens is 872 g/mol. The molecule has 0 bridgehead atoms. The number of nitrogens with zero attached hydrogens (tertiary/aromatic N) is 4. The van der Waals surface area contributed by atoms with Gasteiger partial charge in [0, 0.05) is 80.1 Å². The van der Waals surface area contributed by atoms with E-state index in [0.29, 0.717) is 48.9 Å². The van der Waals surface area contributed by atoms with Gasteiger partial charge < -0.3 is 19.9 Å². The topological polar surface area (TPSA) is 212 Å². The molecule has 5 N–H and O–H groups in total. The molecule has 3 aromatic carbocycles. The lowest BCUT2D eigenvalue weighted by molar-refractivity contribution is -0.384. The molecule has 2 aromatic heterocycles. The molecule has 65 heavy (non-hydrogen) atoms. The Labute approximate surface area is 382 Å². The number of pyridine rings is 1. The number of benzene rings is 3. The number of fused-ring (bicyclic) bond motifs is 1. The van der Waals surface area contributed by atoms with Crippen LogP contribution < -0.4 is 25.2 Å². The molecule has 0 atom stereocenters. The van der Waals surface area contributed by atoms with Crippen LogP contribution in [0.4, 0.5) is 17.1 Å². The average Bonchev–Trinajstić information content (AvgIpc) is 3.76. The van der Waals surface area contributed by atoms with Gasteiger partial charge in [-0.25, -0.2) is 23.6 Å². The SMILES string of the molecule is CC1(C)C=CC(CN2CCN(c3ccc(C(=O)NS(=O)(=O)c4ccc(NCCCCCCCC(=O)NO)c([N+](=O)[O-])c4)c(Oc4cnc5[nH]ccc5c4)c3)CC2)=C(c2ccc(Cl)cc2)C1. The fraction of sp³-hybridized carbons (Fsp3) is 0.340. The summed E-state index contributed by atoms with van der Waals surface area (Å²) in [6.45, 7) is 8.57. The number of halogens is 1. The van der Waals surface area contributed by atoms with Gasteiger partial charge in [0.2, 0.25) is 5.91 Å². The Hall–Kier alpha value is -6.27. The molecule has 2 aliphatic rings. The number of carbonyl (C=O) groups is 2. The number of allylic oxidation sites excluding steroid dienone is 2. The Morgan fingerprint density at radius 3 is 2.48 bits per heavy atom. The summed E-state index contributed by atoms with van der Waals surface area (Å²) in [4.78, 5) is 48.1. The third-order valence-electron chi connectivity index (χ3n) is 11.6. The molecular formula is C47H53ClN8O8S. The molecule has 7 rings (SSSR count). The maximum atomic E-state index is 13.9. The zero-order chi connectivity index (χ0) is 46.1. The number of hydroxylamine groups is 1. The van der Waals surface area contributed by atoms with Gasteiger partial charge in [0.05, 0.1) is 21.6 Å². The number of nitro benzene ring substituents is 1. The number of hydrogen-bond donors (Lipinski definition) is 5. The highest BCUT2D eigenvalue weighted by Crippen LogP contribution is 2.40. The third kappa shape index (κ3) is 12.1. The second kappa shape index (κ2) is 20.7. The minimum atomic E-state index is -4.60. The molecule has 342 valence electrons. The van der Waals surface area contributed by atoms with Crippen LogP contribution in [0, 0.1) is 15.5 Å². The molecule has 18 heteroatoms. The number of rotatable bonds is 19. The molecule has 1 fully saturated rings. The standard InChI is InChI=1S/C47H53ClN8O8S/c1-47(2)19-17-34(40(29-47)32-9-11-35(48)12-10-32)31-54-22-24-55(25-23-54)36-13-15-39(43(27-36)64-37-26-33-18-21-50-45(33)51-30-37)46(58)53-65(62,63)38-14-16-41(42(28-38)56(60)61)49-20-7-5-3-4-6-8-44(57)52-59/h9-19,21,26-28,30,49,59H,3-8,20,22-25,29,31H2,1-2H3,(H,50,51)(H,52,57)(H,53,58). The van der Waals surface area contributed by atoms with Crippen LogP contribution in [0.1, 0.15) is 74.7 Å². The number of unbranched alkanes of at least 4 members (excludes halogenated alkanes) is 4. The van der Waals surface area contributed by atoms with Crippen molar-refractivity contribution in [3.8, 4) is 11.5 Å². The van der Waals surface area contributed by atoms with E-state index in [2.05, 4.69) is 67.9 Å². The number of nitrogens with one attached hydrogen (secondary N) is 4. The molecule has 1 aliphatic carbocycles. The molecule has 16 nitrogen and oxygen atoms in total. The predicted octanol–water partition coefficient (Wildman–Crippen LogP) is 8.86. The lowest BCUT2D eigenvalue weighted by atomic mass is 9.77. The van der Waals surface area contributed by atoms with Crippen LogP contribution in [0.25, 0.3) is 16.6 Å². The number of H-pyrrole nitrogens is 1. The monoisotopic (exact) mass is 924 g/mol. The van der Waals surface area contributed by atoms with Gasteiger partial charge in [0.1, 0.15) is 22.8 Å². The van der Waals surface area contributed by atoms with E-state index in [1.165, 1.54) is 41.1 Å². The van der Waals surface area contributed by atoms with E-state index in [4.69, 9.17) is 21.5 Å². The summed E-state index contributed by atoms with van der Waals surface area (Å²) in [6.07, 6.45) is 12.6. The van der Waals surface area contributed by atoms with Crippen molar-refractivity contribution in [3.05, 3.63) is 129 Å². The summed E-state index contributed by atoms with van der Waals surface area (Å²) >= 11 is 6.22. The number of aromatic nitrogens is 2. The van der Waals surface area contributed by atoms with Gasteiger partial charge in [-0.15, -0.1) is 0 Å². The summed E-state index contributed by atoms with van der Waals surface area (Å²) in [6, 6.07) is 20.0. The number of amides is 2. The van der Waals surface area contributed by atoms with Crippen LogP contribution in [0.15, 0.2) is 108 Å². The maximum absolute atomic E-state index is 13.9. The third-order valence-corrected chi connectivity index (χ3v) is 13.2. The average molecular weight is 926 g/mol. The summed E-state index contributed by atoms with van der Waals surface area (Å²) < 4.78 is 35.7. The Morgan fingerprint density at radius 2 is 1.72 bits per heavy atom. The second-order valence-corrected chi connectivity index (χ2v) is 19.1. The second-order valence-electron chi connectivity index (χ2n) is 17.0. The van der Waals surface area contributed by atoms with Crippen molar-refractivity contribution in [1.82, 2.24) is 25.1 Å². The number of carbonyl (C=O) groups excluding carboxylic acids is 2.